The number of benzene rings is 1. The number of nitriles is 1. The molecule has 140 valence electrons. The monoisotopic (exact) mass is 377 g/mol. The van der Waals surface area contributed by atoms with E-state index in [-0.39, 0.29) is 17.9 Å². The van der Waals surface area contributed by atoms with Crippen LogP contribution in [0.2, 0.25) is 5.02 Å². The van der Waals surface area contributed by atoms with Crippen molar-refractivity contribution in [3.63, 3.8) is 0 Å². The van der Waals surface area contributed by atoms with Crippen molar-refractivity contribution in [3.05, 3.63) is 34.3 Å². The SMILES string of the molecule is CC(C)(C)OC(=O)N1CCC(C(=O)NCc2ccc(C#N)cc2Cl)CC1. The number of piperidine rings is 1. The summed E-state index contributed by atoms with van der Waals surface area (Å²) in [5.74, 6) is -0.180. The van der Waals surface area contributed by atoms with Gasteiger partial charge < -0.3 is 15.0 Å². The number of amides is 2. The van der Waals surface area contributed by atoms with Gasteiger partial charge in [-0.3, -0.25) is 4.79 Å². The summed E-state index contributed by atoms with van der Waals surface area (Å²) in [7, 11) is 0. The third-order valence-corrected chi connectivity index (χ3v) is 4.50. The van der Waals surface area contributed by atoms with Gasteiger partial charge in [0, 0.05) is 30.6 Å². The van der Waals surface area contributed by atoms with Gasteiger partial charge >= 0.3 is 6.09 Å². The van der Waals surface area contributed by atoms with E-state index < -0.39 is 5.60 Å². The molecule has 0 aliphatic carbocycles. The number of carbonyl (C=O) groups is 2. The first kappa shape index (κ1) is 20.1. The molecule has 1 aromatic carbocycles. The third kappa shape index (κ3) is 5.63. The molecule has 2 rings (SSSR count). The Kier molecular flexibility index (Phi) is 6.49. The van der Waals surface area contributed by atoms with Gasteiger partial charge in [0.25, 0.3) is 0 Å². The molecule has 0 spiro atoms. The molecule has 1 heterocycles. The first-order chi connectivity index (χ1) is 12.2. The number of halogens is 1. The van der Waals surface area contributed by atoms with Crippen molar-refractivity contribution in [2.24, 2.45) is 5.92 Å². The van der Waals surface area contributed by atoms with Crippen molar-refractivity contribution in [1.29, 1.82) is 5.26 Å². The molecule has 0 saturated carbocycles. The lowest BCUT2D eigenvalue weighted by Gasteiger charge is -2.32. The zero-order chi connectivity index (χ0) is 19.3. The normalized spacial score (nSPS) is 15.3. The summed E-state index contributed by atoms with van der Waals surface area (Å²) >= 11 is 6.12. The average Bonchev–Trinajstić information content (AvgIpc) is 2.59. The first-order valence-electron chi connectivity index (χ1n) is 8.64. The number of hydrogen-bond acceptors (Lipinski definition) is 4. The maximum Gasteiger partial charge on any atom is 0.410 e. The van der Waals surface area contributed by atoms with Crippen LogP contribution in [0.3, 0.4) is 0 Å². The number of nitrogens with zero attached hydrogens (tertiary/aromatic N) is 2. The second kappa shape index (κ2) is 8.41. The molecule has 1 fully saturated rings. The van der Waals surface area contributed by atoms with Crippen LogP contribution in [0.4, 0.5) is 4.79 Å². The van der Waals surface area contributed by atoms with Gasteiger partial charge in [0.1, 0.15) is 5.60 Å². The van der Waals surface area contributed by atoms with Crippen LogP contribution < -0.4 is 5.32 Å². The maximum atomic E-state index is 12.4. The number of nitrogens with one attached hydrogen (secondary N) is 1. The molecule has 6 nitrogen and oxygen atoms in total. The Bertz CT molecular complexity index is 714. The third-order valence-electron chi connectivity index (χ3n) is 4.15. The van der Waals surface area contributed by atoms with E-state index in [0.717, 1.165) is 5.56 Å². The maximum absolute atomic E-state index is 12.4. The van der Waals surface area contributed by atoms with Crippen LogP contribution in [0.15, 0.2) is 18.2 Å². The predicted molar refractivity (Wildman–Crippen MR) is 98.5 cm³/mol. The molecule has 0 aromatic heterocycles. The van der Waals surface area contributed by atoms with E-state index in [2.05, 4.69) is 5.32 Å². The molecule has 1 saturated heterocycles. The highest BCUT2D eigenvalue weighted by molar-refractivity contribution is 6.31. The van der Waals surface area contributed by atoms with Crippen molar-refractivity contribution in [1.82, 2.24) is 10.2 Å². The summed E-state index contributed by atoms with van der Waals surface area (Å²) < 4.78 is 5.36. The fourth-order valence-corrected chi connectivity index (χ4v) is 2.98. The number of ether oxygens (including phenoxy) is 1. The first-order valence-corrected chi connectivity index (χ1v) is 9.01. The van der Waals surface area contributed by atoms with Crippen LogP contribution in [0.1, 0.15) is 44.7 Å². The average molecular weight is 378 g/mol. The number of likely N-dealkylation sites (tertiary alicyclic amines) is 1. The summed E-state index contributed by atoms with van der Waals surface area (Å²) in [5.41, 5.74) is 0.732. The van der Waals surface area contributed by atoms with Gasteiger partial charge in [0.05, 0.1) is 11.6 Å². The molecule has 26 heavy (non-hydrogen) atoms. The fourth-order valence-electron chi connectivity index (χ4n) is 2.74. The van der Waals surface area contributed by atoms with Gasteiger partial charge in [-0.1, -0.05) is 17.7 Å². The van der Waals surface area contributed by atoms with Crippen molar-refractivity contribution in [2.75, 3.05) is 13.1 Å². The van der Waals surface area contributed by atoms with Gasteiger partial charge in [0.15, 0.2) is 0 Å². The zero-order valence-corrected chi connectivity index (χ0v) is 16.1. The van der Waals surface area contributed by atoms with Gasteiger partial charge in [0.2, 0.25) is 5.91 Å². The molecule has 1 N–H and O–H groups in total. The summed E-state index contributed by atoms with van der Waals surface area (Å²) in [5, 5.41) is 12.2. The molecular weight excluding hydrogens is 354 g/mol. The predicted octanol–water partition coefficient (Wildman–Crippen LogP) is 3.47. The Morgan fingerprint density at radius 3 is 2.54 bits per heavy atom. The smallest absolute Gasteiger partial charge is 0.410 e. The van der Waals surface area contributed by atoms with Crippen molar-refractivity contribution in [2.45, 2.75) is 45.8 Å². The standard InChI is InChI=1S/C19H24ClN3O3/c1-19(2,3)26-18(25)23-8-6-14(7-9-23)17(24)22-12-15-5-4-13(11-21)10-16(15)20/h4-5,10,14H,6-9,12H2,1-3H3,(H,22,24). The lowest BCUT2D eigenvalue weighted by molar-refractivity contribution is -0.126. The van der Waals surface area contributed by atoms with Crippen molar-refractivity contribution >= 4 is 23.6 Å². The van der Waals surface area contributed by atoms with Crippen LogP contribution in [0.5, 0.6) is 0 Å². The molecule has 0 unspecified atom stereocenters. The van der Waals surface area contributed by atoms with Gasteiger partial charge in [-0.2, -0.15) is 5.26 Å². The van der Waals surface area contributed by atoms with Gasteiger partial charge in [-0.05, 0) is 51.3 Å². The Labute approximate surface area is 159 Å². The summed E-state index contributed by atoms with van der Waals surface area (Å²) in [4.78, 5) is 26.1. The van der Waals surface area contributed by atoms with Gasteiger partial charge in [-0.25, -0.2) is 4.79 Å². The topological polar surface area (TPSA) is 82.4 Å². The highest BCUT2D eigenvalue weighted by Gasteiger charge is 2.29. The van der Waals surface area contributed by atoms with Crippen LogP contribution in [0.25, 0.3) is 0 Å². The lowest BCUT2D eigenvalue weighted by atomic mass is 9.96. The highest BCUT2D eigenvalue weighted by Crippen LogP contribution is 2.21. The second-order valence-corrected chi connectivity index (χ2v) is 7.78. The van der Waals surface area contributed by atoms with Crippen LogP contribution >= 0.6 is 11.6 Å². The molecule has 2 amide bonds. The number of rotatable bonds is 3. The Morgan fingerprint density at radius 1 is 1.35 bits per heavy atom. The zero-order valence-electron chi connectivity index (χ0n) is 15.3. The molecule has 0 bridgehead atoms. The van der Waals surface area contributed by atoms with E-state index in [1.165, 1.54) is 0 Å². The Balaban J connectivity index is 1.82. The van der Waals surface area contributed by atoms with Crippen LogP contribution in [-0.4, -0.2) is 35.6 Å². The van der Waals surface area contributed by atoms with E-state index >= 15 is 0 Å². The quantitative estimate of drug-likeness (QED) is 0.874. The molecule has 7 heteroatoms. The van der Waals surface area contributed by atoms with Crippen LogP contribution in [0, 0.1) is 17.2 Å². The molecular formula is C19H24ClN3O3. The van der Waals surface area contributed by atoms with Crippen molar-refractivity contribution in [3.8, 4) is 6.07 Å². The second-order valence-electron chi connectivity index (χ2n) is 7.38. The highest BCUT2D eigenvalue weighted by atomic mass is 35.5. The number of hydrogen-bond donors (Lipinski definition) is 1. The summed E-state index contributed by atoms with van der Waals surface area (Å²) in [6.07, 6.45) is 0.874. The van der Waals surface area contributed by atoms with Crippen molar-refractivity contribution < 1.29 is 14.3 Å². The Morgan fingerprint density at radius 2 is 2.00 bits per heavy atom. The minimum Gasteiger partial charge on any atom is -0.444 e. The minimum atomic E-state index is -0.522. The van der Waals surface area contributed by atoms with E-state index in [4.69, 9.17) is 21.6 Å². The summed E-state index contributed by atoms with van der Waals surface area (Å²) in [6, 6.07) is 7.03. The molecule has 1 aromatic rings. The molecule has 1 aliphatic rings. The minimum absolute atomic E-state index is 0.0470. The molecule has 0 radical (unpaired) electrons. The molecule has 0 atom stereocenters. The molecule has 1 aliphatic heterocycles. The Hall–Kier alpha value is -2.26. The van der Waals surface area contributed by atoms with E-state index in [1.807, 2.05) is 26.8 Å². The number of carbonyl (C=O) groups excluding carboxylic acids is 2. The van der Waals surface area contributed by atoms with E-state index in [0.29, 0.717) is 43.1 Å². The van der Waals surface area contributed by atoms with E-state index in [9.17, 15) is 9.59 Å². The van der Waals surface area contributed by atoms with Gasteiger partial charge in [-0.15, -0.1) is 0 Å². The summed E-state index contributed by atoms with van der Waals surface area (Å²) in [6.45, 7) is 6.82. The fraction of sp³-hybridized carbons (Fsp3) is 0.526. The lowest BCUT2D eigenvalue weighted by Crippen LogP contribution is -2.44. The van der Waals surface area contributed by atoms with E-state index in [1.54, 1.807) is 23.1 Å². The van der Waals surface area contributed by atoms with Crippen LogP contribution in [-0.2, 0) is 16.1 Å². The largest absolute Gasteiger partial charge is 0.444 e.